The number of benzene rings is 2. The number of nitrogens with one attached hydrogen (secondary N) is 2. The van der Waals surface area contributed by atoms with Gasteiger partial charge in [0.15, 0.2) is 0 Å². The second kappa shape index (κ2) is 7.38. The summed E-state index contributed by atoms with van der Waals surface area (Å²) in [4.78, 5) is 24.8. The van der Waals surface area contributed by atoms with Crippen molar-refractivity contribution in [2.24, 2.45) is 11.8 Å². The molecule has 0 bridgehead atoms. The second-order valence-electron chi connectivity index (χ2n) is 6.17. The van der Waals surface area contributed by atoms with Crippen LogP contribution in [-0.2, 0) is 9.59 Å². The summed E-state index contributed by atoms with van der Waals surface area (Å²) in [6.07, 6.45) is 0.570. The molecule has 1 aliphatic rings. The van der Waals surface area contributed by atoms with Crippen LogP contribution in [0.15, 0.2) is 48.5 Å². The van der Waals surface area contributed by atoms with E-state index in [0.29, 0.717) is 24.5 Å². The Morgan fingerprint density at radius 2 is 1.52 bits per heavy atom. The monoisotopic (exact) mass is 338 g/mol. The highest BCUT2D eigenvalue weighted by atomic mass is 16.5. The third kappa shape index (κ3) is 3.99. The lowest BCUT2D eigenvalue weighted by Crippen LogP contribution is -2.21. The Kier molecular flexibility index (Phi) is 5.03. The molecule has 0 aromatic heterocycles. The largest absolute Gasteiger partial charge is 0.492 e. The van der Waals surface area contributed by atoms with Crippen molar-refractivity contribution in [3.8, 4) is 5.75 Å². The summed E-state index contributed by atoms with van der Waals surface area (Å²) in [5.41, 5.74) is 2.43. The van der Waals surface area contributed by atoms with Crippen LogP contribution in [0.5, 0.6) is 5.75 Å². The van der Waals surface area contributed by atoms with Gasteiger partial charge < -0.3 is 15.4 Å². The van der Waals surface area contributed by atoms with Gasteiger partial charge in [0.2, 0.25) is 11.8 Å². The average Bonchev–Trinajstić information content (AvgIpc) is 3.40. The van der Waals surface area contributed by atoms with Crippen molar-refractivity contribution in [3.05, 3.63) is 54.1 Å². The number of hydrogen-bond donors (Lipinski definition) is 2. The number of anilines is 2. The minimum absolute atomic E-state index is 0.104. The molecule has 0 spiro atoms. The molecule has 130 valence electrons. The predicted octanol–water partition coefficient (Wildman–Crippen LogP) is 3.61. The predicted molar refractivity (Wildman–Crippen MR) is 97.6 cm³/mol. The molecule has 25 heavy (non-hydrogen) atoms. The molecule has 1 saturated carbocycles. The Morgan fingerprint density at radius 3 is 2.16 bits per heavy atom. The summed E-state index contributed by atoms with van der Waals surface area (Å²) in [7, 11) is 0. The normalized spacial score (nSPS) is 18.3. The molecule has 5 heteroatoms. The number of ether oxygens (including phenoxy) is 1. The third-order valence-corrected chi connectivity index (χ3v) is 4.31. The van der Waals surface area contributed by atoms with Gasteiger partial charge in [0.25, 0.3) is 0 Å². The number of para-hydroxylation sites is 3. The summed E-state index contributed by atoms with van der Waals surface area (Å²) in [6, 6.07) is 14.9. The zero-order valence-electron chi connectivity index (χ0n) is 14.4. The molecule has 2 atom stereocenters. The summed E-state index contributed by atoms with van der Waals surface area (Å²) in [5, 5.41) is 5.78. The van der Waals surface area contributed by atoms with E-state index >= 15 is 0 Å². The minimum Gasteiger partial charge on any atom is -0.492 e. The lowest BCUT2D eigenvalue weighted by Gasteiger charge is -2.11. The lowest BCUT2D eigenvalue weighted by atomic mass is 10.2. The fourth-order valence-electron chi connectivity index (χ4n) is 2.79. The van der Waals surface area contributed by atoms with Gasteiger partial charge in [0.1, 0.15) is 5.75 Å². The van der Waals surface area contributed by atoms with Gasteiger partial charge in [-0.25, -0.2) is 0 Å². The van der Waals surface area contributed by atoms with Crippen LogP contribution in [0.25, 0.3) is 0 Å². The third-order valence-electron chi connectivity index (χ3n) is 4.31. The molecule has 1 aliphatic carbocycles. The van der Waals surface area contributed by atoms with Crippen molar-refractivity contribution in [2.75, 3.05) is 17.2 Å². The zero-order chi connectivity index (χ0) is 17.8. The van der Waals surface area contributed by atoms with Gasteiger partial charge in [-0.15, -0.1) is 0 Å². The maximum Gasteiger partial charge on any atom is 0.228 e. The smallest absolute Gasteiger partial charge is 0.228 e. The fraction of sp³-hybridized carbons (Fsp3) is 0.300. The number of aryl methyl sites for hydroxylation is 1. The van der Waals surface area contributed by atoms with E-state index in [-0.39, 0.29) is 23.7 Å². The van der Waals surface area contributed by atoms with Crippen LogP contribution in [-0.4, -0.2) is 18.4 Å². The molecule has 2 unspecified atom stereocenters. The summed E-state index contributed by atoms with van der Waals surface area (Å²) in [6.45, 7) is 4.36. The number of amides is 2. The van der Waals surface area contributed by atoms with Crippen LogP contribution in [0, 0.1) is 18.8 Å². The maximum atomic E-state index is 12.4. The van der Waals surface area contributed by atoms with Gasteiger partial charge in [0.05, 0.1) is 24.1 Å². The Labute approximate surface area is 147 Å². The molecule has 2 N–H and O–H groups in total. The van der Waals surface area contributed by atoms with Crippen molar-refractivity contribution >= 4 is 23.2 Å². The van der Waals surface area contributed by atoms with Crippen LogP contribution >= 0.6 is 0 Å². The standard InChI is InChI=1S/C20H22N2O3/c1-3-25-18-11-7-6-10-17(18)22-20(24)15-12-14(15)19(23)21-16-9-5-4-8-13(16)2/h4-11,14-15H,3,12H2,1-2H3,(H,21,23)(H,22,24). The maximum absolute atomic E-state index is 12.4. The zero-order valence-corrected chi connectivity index (χ0v) is 14.4. The summed E-state index contributed by atoms with van der Waals surface area (Å²) >= 11 is 0. The van der Waals surface area contributed by atoms with Crippen molar-refractivity contribution in [2.45, 2.75) is 20.3 Å². The van der Waals surface area contributed by atoms with Gasteiger partial charge in [-0.3, -0.25) is 9.59 Å². The lowest BCUT2D eigenvalue weighted by molar-refractivity contribution is -0.122. The van der Waals surface area contributed by atoms with Crippen molar-refractivity contribution < 1.29 is 14.3 Å². The molecule has 0 saturated heterocycles. The van der Waals surface area contributed by atoms with Crippen LogP contribution in [0.4, 0.5) is 11.4 Å². The van der Waals surface area contributed by atoms with Crippen molar-refractivity contribution in [3.63, 3.8) is 0 Å². The van der Waals surface area contributed by atoms with E-state index in [9.17, 15) is 9.59 Å². The van der Waals surface area contributed by atoms with E-state index in [1.165, 1.54) is 0 Å². The van der Waals surface area contributed by atoms with Crippen LogP contribution in [0.3, 0.4) is 0 Å². The van der Waals surface area contributed by atoms with Gasteiger partial charge in [0, 0.05) is 5.69 Å². The molecular weight excluding hydrogens is 316 g/mol. The molecule has 1 fully saturated rings. The number of carbonyl (C=O) groups excluding carboxylic acids is 2. The fourth-order valence-corrected chi connectivity index (χ4v) is 2.79. The molecule has 0 radical (unpaired) electrons. The minimum atomic E-state index is -0.293. The van der Waals surface area contributed by atoms with E-state index in [4.69, 9.17) is 4.74 Å². The Bertz CT molecular complexity index is 788. The molecule has 5 nitrogen and oxygen atoms in total. The highest BCUT2D eigenvalue weighted by Crippen LogP contribution is 2.41. The van der Waals surface area contributed by atoms with E-state index in [1.807, 2.05) is 56.3 Å². The molecular formula is C20H22N2O3. The molecule has 0 heterocycles. The number of rotatable bonds is 6. The molecule has 2 amide bonds. The topological polar surface area (TPSA) is 67.4 Å². The van der Waals surface area contributed by atoms with E-state index in [1.54, 1.807) is 6.07 Å². The van der Waals surface area contributed by atoms with E-state index < -0.39 is 0 Å². The van der Waals surface area contributed by atoms with Crippen molar-refractivity contribution in [1.29, 1.82) is 0 Å². The van der Waals surface area contributed by atoms with Gasteiger partial charge in [-0.05, 0) is 44.0 Å². The first-order chi connectivity index (χ1) is 12.1. The molecule has 2 aromatic rings. The average molecular weight is 338 g/mol. The number of hydrogen-bond acceptors (Lipinski definition) is 3. The summed E-state index contributed by atoms with van der Waals surface area (Å²) < 4.78 is 5.51. The number of carbonyl (C=O) groups is 2. The Hall–Kier alpha value is -2.82. The SMILES string of the molecule is CCOc1ccccc1NC(=O)C1CC1C(=O)Nc1ccccc1C. The van der Waals surface area contributed by atoms with Crippen LogP contribution < -0.4 is 15.4 Å². The molecule has 2 aromatic carbocycles. The first kappa shape index (κ1) is 17.0. The van der Waals surface area contributed by atoms with Crippen LogP contribution in [0.1, 0.15) is 18.9 Å². The highest BCUT2D eigenvalue weighted by molar-refractivity contribution is 6.03. The second-order valence-corrected chi connectivity index (χ2v) is 6.17. The van der Waals surface area contributed by atoms with Crippen LogP contribution in [0.2, 0.25) is 0 Å². The first-order valence-electron chi connectivity index (χ1n) is 8.49. The molecule has 3 rings (SSSR count). The van der Waals surface area contributed by atoms with Crippen molar-refractivity contribution in [1.82, 2.24) is 0 Å². The van der Waals surface area contributed by atoms with Gasteiger partial charge in [-0.1, -0.05) is 30.3 Å². The summed E-state index contributed by atoms with van der Waals surface area (Å²) in [5.74, 6) is -0.179. The Morgan fingerprint density at radius 1 is 0.960 bits per heavy atom. The quantitative estimate of drug-likeness (QED) is 0.845. The van der Waals surface area contributed by atoms with E-state index in [0.717, 1.165) is 11.3 Å². The highest BCUT2D eigenvalue weighted by Gasteiger charge is 2.48. The molecule has 0 aliphatic heterocycles. The Balaban J connectivity index is 1.59. The van der Waals surface area contributed by atoms with Gasteiger partial charge in [-0.2, -0.15) is 0 Å². The first-order valence-corrected chi connectivity index (χ1v) is 8.49. The van der Waals surface area contributed by atoms with Gasteiger partial charge >= 0.3 is 0 Å². The van der Waals surface area contributed by atoms with E-state index in [2.05, 4.69) is 10.6 Å².